The zero-order valence-corrected chi connectivity index (χ0v) is 18.7. The van der Waals surface area contributed by atoms with Crippen LogP contribution in [0.5, 0.6) is 0 Å². The van der Waals surface area contributed by atoms with E-state index in [1.165, 1.54) is 47.8 Å². The molecule has 4 bridgehead atoms. The van der Waals surface area contributed by atoms with Crippen LogP contribution in [-0.4, -0.2) is 43.4 Å². The molecule has 1 aromatic carbocycles. The average Bonchev–Trinajstić information content (AvgIpc) is 2.71. The first-order valence-electron chi connectivity index (χ1n) is 11.7. The van der Waals surface area contributed by atoms with Crippen molar-refractivity contribution in [2.75, 3.05) is 13.1 Å². The minimum absolute atomic E-state index is 0.0642. The fourth-order valence-corrected chi connectivity index (χ4v) is 8.69. The highest BCUT2D eigenvalue weighted by molar-refractivity contribution is 7.89. The Morgan fingerprint density at radius 2 is 1.65 bits per heavy atom. The summed E-state index contributed by atoms with van der Waals surface area (Å²) >= 11 is 0. The maximum absolute atomic E-state index is 13.2. The quantitative estimate of drug-likeness (QED) is 0.720. The lowest BCUT2D eigenvalue weighted by molar-refractivity contribution is -0.0135. The minimum Gasteiger partial charge on any atom is -0.337 e. The summed E-state index contributed by atoms with van der Waals surface area (Å²) in [5.74, 6) is 1.79. The van der Waals surface area contributed by atoms with Crippen LogP contribution in [0, 0.1) is 23.6 Å². The highest BCUT2D eigenvalue weighted by Crippen LogP contribution is 2.55. The van der Waals surface area contributed by atoms with Crippen molar-refractivity contribution in [3.8, 4) is 0 Å². The predicted octanol–water partition coefficient (Wildman–Crippen LogP) is 3.64. The summed E-state index contributed by atoms with van der Waals surface area (Å²) in [5.41, 5.74) is -0.0642. The second kappa shape index (κ2) is 8.03. The molecule has 1 unspecified atom stereocenters. The van der Waals surface area contributed by atoms with Crippen LogP contribution in [0.4, 0.5) is 9.18 Å². The van der Waals surface area contributed by atoms with E-state index in [-0.39, 0.29) is 22.5 Å². The van der Waals surface area contributed by atoms with E-state index in [2.05, 4.69) is 10.6 Å². The third kappa shape index (κ3) is 4.21. The van der Waals surface area contributed by atoms with Gasteiger partial charge in [-0.3, -0.25) is 0 Å². The Bertz CT molecular complexity index is 899. The van der Waals surface area contributed by atoms with Crippen LogP contribution >= 0.6 is 0 Å². The number of nitrogens with one attached hydrogen (secondary N) is 2. The van der Waals surface area contributed by atoms with Crippen LogP contribution in [0.2, 0.25) is 0 Å². The van der Waals surface area contributed by atoms with Crippen LogP contribution in [-0.2, 0) is 10.0 Å². The Balaban J connectivity index is 1.22. The van der Waals surface area contributed by atoms with Gasteiger partial charge in [0.05, 0.1) is 4.90 Å². The Morgan fingerprint density at radius 3 is 2.26 bits per heavy atom. The SMILES string of the molecule is O=C(NCC1CCCCN1S(=O)(=O)c1ccc(F)cc1)NC12CC3CC(CC(C3)C1)C2. The standard InChI is InChI=1S/C23H32FN3O3S/c24-19-4-6-21(7-5-19)31(29,30)27-8-2-1-3-20(27)15-25-22(28)26-23-12-16-9-17(13-23)11-18(10-16)14-23/h4-7,16-18,20H,1-3,8-15H2,(H2,25,26,28). The highest BCUT2D eigenvalue weighted by atomic mass is 32.2. The van der Waals surface area contributed by atoms with Crippen molar-refractivity contribution in [3.63, 3.8) is 0 Å². The van der Waals surface area contributed by atoms with Gasteiger partial charge in [-0.1, -0.05) is 6.42 Å². The Kier molecular flexibility index (Phi) is 5.49. The van der Waals surface area contributed by atoms with Crippen molar-refractivity contribution in [3.05, 3.63) is 30.1 Å². The van der Waals surface area contributed by atoms with E-state index in [0.29, 0.717) is 19.5 Å². The van der Waals surface area contributed by atoms with Crippen LogP contribution in [0.1, 0.15) is 57.8 Å². The molecule has 8 heteroatoms. The van der Waals surface area contributed by atoms with Gasteiger partial charge in [-0.2, -0.15) is 4.31 Å². The maximum atomic E-state index is 13.2. The van der Waals surface area contributed by atoms with Crippen LogP contribution < -0.4 is 10.6 Å². The molecule has 1 aromatic rings. The summed E-state index contributed by atoms with van der Waals surface area (Å²) < 4.78 is 41.0. The Morgan fingerprint density at radius 1 is 1.03 bits per heavy atom. The van der Waals surface area contributed by atoms with Gasteiger partial charge in [0.25, 0.3) is 0 Å². The number of carbonyl (C=O) groups excluding carboxylic acids is 1. The van der Waals surface area contributed by atoms with E-state index in [4.69, 9.17) is 0 Å². The number of benzene rings is 1. The number of hydrogen-bond acceptors (Lipinski definition) is 3. The molecule has 2 amide bonds. The summed E-state index contributed by atoms with van der Waals surface area (Å²) in [6.45, 7) is 0.710. The minimum atomic E-state index is -3.72. The fourth-order valence-electron chi connectivity index (χ4n) is 7.00. The van der Waals surface area contributed by atoms with E-state index in [9.17, 15) is 17.6 Å². The molecule has 6 nitrogen and oxygen atoms in total. The lowest BCUT2D eigenvalue weighted by Crippen LogP contribution is -2.62. The van der Waals surface area contributed by atoms with Crippen molar-refractivity contribution in [1.82, 2.24) is 14.9 Å². The van der Waals surface area contributed by atoms with E-state index in [1.54, 1.807) is 0 Å². The van der Waals surface area contributed by atoms with Crippen molar-refractivity contribution in [2.24, 2.45) is 17.8 Å². The van der Waals surface area contributed by atoms with Crippen LogP contribution in [0.3, 0.4) is 0 Å². The molecule has 1 aliphatic heterocycles. The number of carbonyl (C=O) groups is 1. The van der Waals surface area contributed by atoms with Crippen molar-refractivity contribution in [1.29, 1.82) is 0 Å². The third-order valence-corrected chi connectivity index (χ3v) is 9.87. The van der Waals surface area contributed by atoms with E-state index in [0.717, 1.165) is 49.9 Å². The molecule has 4 aliphatic carbocycles. The molecule has 1 heterocycles. The van der Waals surface area contributed by atoms with Crippen molar-refractivity contribution >= 4 is 16.1 Å². The average molecular weight is 450 g/mol. The molecular formula is C23H32FN3O3S. The van der Waals surface area contributed by atoms with Gasteiger partial charge in [0.1, 0.15) is 5.82 Å². The number of nitrogens with zero attached hydrogens (tertiary/aromatic N) is 1. The summed E-state index contributed by atoms with van der Waals surface area (Å²) in [5, 5.41) is 6.27. The molecule has 1 atom stereocenters. The van der Waals surface area contributed by atoms with Gasteiger partial charge in [0, 0.05) is 24.7 Å². The molecule has 0 radical (unpaired) electrons. The number of rotatable bonds is 5. The van der Waals surface area contributed by atoms with Crippen LogP contribution in [0.25, 0.3) is 0 Å². The molecular weight excluding hydrogens is 417 g/mol. The van der Waals surface area contributed by atoms with Crippen molar-refractivity contribution < 1.29 is 17.6 Å². The fraction of sp³-hybridized carbons (Fsp3) is 0.696. The molecule has 6 rings (SSSR count). The summed E-state index contributed by atoms with van der Waals surface area (Å²) in [6.07, 6.45) is 9.64. The lowest BCUT2D eigenvalue weighted by Gasteiger charge is -2.56. The first kappa shape index (κ1) is 21.2. The molecule has 5 aliphatic rings. The van der Waals surface area contributed by atoms with E-state index in [1.807, 2.05) is 0 Å². The monoisotopic (exact) mass is 449 g/mol. The number of piperidine rings is 1. The summed E-state index contributed by atoms with van der Waals surface area (Å²) in [4.78, 5) is 12.9. The maximum Gasteiger partial charge on any atom is 0.315 e. The third-order valence-electron chi connectivity index (χ3n) is 7.91. The van der Waals surface area contributed by atoms with Gasteiger partial charge < -0.3 is 10.6 Å². The Hall–Kier alpha value is -1.67. The second-order valence-electron chi connectivity index (χ2n) is 10.3. The van der Waals surface area contributed by atoms with E-state index < -0.39 is 15.8 Å². The van der Waals surface area contributed by atoms with Gasteiger partial charge >= 0.3 is 6.03 Å². The Labute approximate surface area is 184 Å². The molecule has 1 saturated heterocycles. The number of amides is 2. The molecule has 170 valence electrons. The molecule has 5 fully saturated rings. The lowest BCUT2D eigenvalue weighted by atomic mass is 9.53. The zero-order valence-electron chi connectivity index (χ0n) is 17.9. The van der Waals surface area contributed by atoms with Gasteiger partial charge in [-0.05, 0) is 93.4 Å². The smallest absolute Gasteiger partial charge is 0.315 e. The predicted molar refractivity (Wildman–Crippen MR) is 115 cm³/mol. The number of hydrogen-bond donors (Lipinski definition) is 2. The first-order valence-corrected chi connectivity index (χ1v) is 13.1. The number of sulfonamides is 1. The van der Waals surface area contributed by atoms with Gasteiger partial charge in [-0.15, -0.1) is 0 Å². The molecule has 0 spiro atoms. The molecule has 31 heavy (non-hydrogen) atoms. The molecule has 0 aromatic heterocycles. The summed E-state index contributed by atoms with van der Waals surface area (Å²) in [6, 6.07) is 4.50. The molecule has 2 N–H and O–H groups in total. The van der Waals surface area contributed by atoms with Gasteiger partial charge in [0.15, 0.2) is 0 Å². The highest BCUT2D eigenvalue weighted by Gasteiger charge is 2.51. The number of halogens is 1. The largest absolute Gasteiger partial charge is 0.337 e. The summed E-state index contributed by atoms with van der Waals surface area (Å²) in [7, 11) is -3.72. The second-order valence-corrected chi connectivity index (χ2v) is 12.1. The van der Waals surface area contributed by atoms with Gasteiger partial charge in [0.2, 0.25) is 10.0 Å². The van der Waals surface area contributed by atoms with Crippen LogP contribution in [0.15, 0.2) is 29.2 Å². The number of urea groups is 1. The van der Waals surface area contributed by atoms with Gasteiger partial charge in [-0.25, -0.2) is 17.6 Å². The van der Waals surface area contributed by atoms with E-state index >= 15 is 0 Å². The zero-order chi connectivity index (χ0) is 21.6. The topological polar surface area (TPSA) is 78.5 Å². The normalized spacial score (nSPS) is 35.1. The first-order chi connectivity index (χ1) is 14.8. The molecule has 4 saturated carbocycles. The van der Waals surface area contributed by atoms with Crippen molar-refractivity contribution in [2.45, 2.75) is 74.3 Å².